The van der Waals surface area contributed by atoms with Gasteiger partial charge in [-0.15, -0.1) is 0 Å². The van der Waals surface area contributed by atoms with Crippen LogP contribution in [0.1, 0.15) is 25.0 Å². The maximum Gasteiger partial charge on any atom is 0.122 e. The number of benzene rings is 1. The summed E-state index contributed by atoms with van der Waals surface area (Å²) in [5, 5.41) is 3.22. The third-order valence-electron chi connectivity index (χ3n) is 2.70. The molecule has 0 aromatic heterocycles. The van der Waals surface area contributed by atoms with E-state index in [0.717, 1.165) is 12.3 Å². The summed E-state index contributed by atoms with van der Waals surface area (Å²) in [6.45, 7) is 7.49. The molecule has 0 unspecified atom stereocenters. The Balaban J connectivity index is 3.15. The molecule has 0 saturated carbocycles. The van der Waals surface area contributed by atoms with E-state index in [0.29, 0.717) is 0 Å². The quantitative estimate of drug-likeness (QED) is 0.819. The second-order valence-corrected chi connectivity index (χ2v) is 4.62. The number of ether oxygens (including phenoxy) is 1. The Labute approximate surface area is 92.6 Å². The van der Waals surface area contributed by atoms with Crippen molar-refractivity contribution in [3.63, 3.8) is 0 Å². The molecule has 0 spiro atoms. The molecule has 0 fully saturated rings. The molecule has 0 aliphatic rings. The predicted molar refractivity (Wildman–Crippen MR) is 64.7 cm³/mol. The number of hydrogen-bond acceptors (Lipinski definition) is 2. The van der Waals surface area contributed by atoms with Crippen LogP contribution in [0.3, 0.4) is 0 Å². The first-order chi connectivity index (χ1) is 7.01. The summed E-state index contributed by atoms with van der Waals surface area (Å²) in [6, 6.07) is 6.33. The zero-order valence-electron chi connectivity index (χ0n) is 10.3. The summed E-state index contributed by atoms with van der Waals surface area (Å²) in [5.41, 5.74) is 2.63. The van der Waals surface area contributed by atoms with E-state index in [9.17, 15) is 0 Å². The molecule has 0 atom stereocenters. The molecule has 0 saturated heterocycles. The van der Waals surface area contributed by atoms with Crippen LogP contribution in [-0.4, -0.2) is 20.7 Å². The predicted octanol–water partition coefficient (Wildman–Crippen LogP) is 2.50. The molecule has 1 aromatic rings. The number of aryl methyl sites for hydroxylation is 1. The Morgan fingerprint density at radius 2 is 2.00 bits per heavy atom. The molecule has 0 aliphatic heterocycles. The van der Waals surface area contributed by atoms with Crippen molar-refractivity contribution >= 4 is 0 Å². The molecule has 0 amide bonds. The molecule has 15 heavy (non-hydrogen) atoms. The lowest BCUT2D eigenvalue weighted by Crippen LogP contribution is -2.31. The molecule has 0 aliphatic carbocycles. The normalized spacial score (nSPS) is 11.5. The molecule has 0 bridgehead atoms. The fraction of sp³-hybridized carbons (Fsp3) is 0.538. The minimum atomic E-state index is 0.0894. The molecule has 0 heterocycles. The highest BCUT2D eigenvalue weighted by molar-refractivity contribution is 5.41. The highest BCUT2D eigenvalue weighted by Gasteiger charge is 2.23. The van der Waals surface area contributed by atoms with E-state index in [1.807, 2.05) is 13.1 Å². The van der Waals surface area contributed by atoms with Gasteiger partial charge in [-0.05, 0) is 20.0 Å². The van der Waals surface area contributed by atoms with E-state index in [2.05, 4.69) is 38.2 Å². The number of nitrogens with one attached hydrogen (secondary N) is 1. The Morgan fingerprint density at radius 3 is 2.53 bits per heavy atom. The van der Waals surface area contributed by atoms with E-state index in [1.54, 1.807) is 7.11 Å². The maximum atomic E-state index is 5.41. The second kappa shape index (κ2) is 4.67. The molecular weight excluding hydrogens is 186 g/mol. The van der Waals surface area contributed by atoms with Gasteiger partial charge in [0, 0.05) is 17.5 Å². The Kier molecular flexibility index (Phi) is 3.75. The van der Waals surface area contributed by atoms with E-state index >= 15 is 0 Å². The number of hydrogen-bond donors (Lipinski definition) is 1. The summed E-state index contributed by atoms with van der Waals surface area (Å²) in [4.78, 5) is 0. The van der Waals surface area contributed by atoms with E-state index in [1.165, 1.54) is 11.1 Å². The van der Waals surface area contributed by atoms with Crippen LogP contribution in [-0.2, 0) is 5.41 Å². The van der Waals surface area contributed by atoms with Gasteiger partial charge in [0.1, 0.15) is 5.75 Å². The summed E-state index contributed by atoms with van der Waals surface area (Å²) in [6.07, 6.45) is 0. The average molecular weight is 207 g/mol. The summed E-state index contributed by atoms with van der Waals surface area (Å²) >= 11 is 0. The number of likely N-dealkylation sites (N-methyl/N-ethyl adjacent to an activating group) is 1. The lowest BCUT2D eigenvalue weighted by molar-refractivity contribution is 0.388. The van der Waals surface area contributed by atoms with Gasteiger partial charge in [-0.2, -0.15) is 0 Å². The van der Waals surface area contributed by atoms with Gasteiger partial charge in [-0.25, -0.2) is 0 Å². The van der Waals surface area contributed by atoms with Crippen LogP contribution in [0, 0.1) is 6.92 Å². The summed E-state index contributed by atoms with van der Waals surface area (Å²) < 4.78 is 5.41. The SMILES string of the molecule is CNCC(C)(C)c1cc(C)ccc1OC. The van der Waals surface area contributed by atoms with Crippen molar-refractivity contribution in [2.45, 2.75) is 26.2 Å². The zero-order valence-corrected chi connectivity index (χ0v) is 10.3. The van der Waals surface area contributed by atoms with Gasteiger partial charge >= 0.3 is 0 Å². The zero-order chi connectivity index (χ0) is 11.5. The van der Waals surface area contributed by atoms with Crippen molar-refractivity contribution in [2.24, 2.45) is 0 Å². The minimum absolute atomic E-state index is 0.0894. The van der Waals surface area contributed by atoms with E-state index in [-0.39, 0.29) is 5.41 Å². The Hall–Kier alpha value is -1.02. The fourth-order valence-corrected chi connectivity index (χ4v) is 1.89. The van der Waals surface area contributed by atoms with Gasteiger partial charge in [0.05, 0.1) is 7.11 Å². The van der Waals surface area contributed by atoms with Crippen LogP contribution in [0.25, 0.3) is 0 Å². The van der Waals surface area contributed by atoms with Gasteiger partial charge in [0.25, 0.3) is 0 Å². The maximum absolute atomic E-state index is 5.41. The molecule has 2 nitrogen and oxygen atoms in total. The van der Waals surface area contributed by atoms with E-state index in [4.69, 9.17) is 4.74 Å². The third-order valence-corrected chi connectivity index (χ3v) is 2.70. The molecule has 1 N–H and O–H groups in total. The molecule has 84 valence electrons. The van der Waals surface area contributed by atoms with Crippen LogP contribution in [0.15, 0.2) is 18.2 Å². The summed E-state index contributed by atoms with van der Waals surface area (Å²) in [5.74, 6) is 0.973. The summed E-state index contributed by atoms with van der Waals surface area (Å²) in [7, 11) is 3.70. The highest BCUT2D eigenvalue weighted by Crippen LogP contribution is 2.31. The van der Waals surface area contributed by atoms with Crippen molar-refractivity contribution in [3.05, 3.63) is 29.3 Å². The third kappa shape index (κ3) is 2.72. The van der Waals surface area contributed by atoms with Crippen molar-refractivity contribution in [1.29, 1.82) is 0 Å². The van der Waals surface area contributed by atoms with Gasteiger partial charge in [0.15, 0.2) is 0 Å². The molecule has 1 aromatic carbocycles. The van der Waals surface area contributed by atoms with Gasteiger partial charge < -0.3 is 10.1 Å². The van der Waals surface area contributed by atoms with Crippen molar-refractivity contribution in [2.75, 3.05) is 20.7 Å². The Bertz CT molecular complexity index is 331. The van der Waals surface area contributed by atoms with Crippen LogP contribution >= 0.6 is 0 Å². The van der Waals surface area contributed by atoms with Crippen molar-refractivity contribution in [1.82, 2.24) is 5.32 Å². The van der Waals surface area contributed by atoms with Crippen LogP contribution in [0.4, 0.5) is 0 Å². The number of rotatable bonds is 4. The van der Waals surface area contributed by atoms with Crippen LogP contribution < -0.4 is 10.1 Å². The van der Waals surface area contributed by atoms with Crippen molar-refractivity contribution in [3.8, 4) is 5.75 Å². The minimum Gasteiger partial charge on any atom is -0.496 e. The van der Waals surface area contributed by atoms with E-state index < -0.39 is 0 Å². The monoisotopic (exact) mass is 207 g/mol. The highest BCUT2D eigenvalue weighted by atomic mass is 16.5. The second-order valence-electron chi connectivity index (χ2n) is 4.62. The largest absolute Gasteiger partial charge is 0.496 e. The Morgan fingerprint density at radius 1 is 1.33 bits per heavy atom. The van der Waals surface area contributed by atoms with Gasteiger partial charge in [-0.1, -0.05) is 31.5 Å². The lowest BCUT2D eigenvalue weighted by Gasteiger charge is -2.27. The first kappa shape index (κ1) is 12.1. The first-order valence-corrected chi connectivity index (χ1v) is 5.31. The van der Waals surface area contributed by atoms with Crippen LogP contribution in [0.5, 0.6) is 5.75 Å². The van der Waals surface area contributed by atoms with Gasteiger partial charge in [0.2, 0.25) is 0 Å². The lowest BCUT2D eigenvalue weighted by atomic mass is 9.83. The molecular formula is C13H21NO. The smallest absolute Gasteiger partial charge is 0.122 e. The van der Waals surface area contributed by atoms with Gasteiger partial charge in [-0.3, -0.25) is 0 Å². The first-order valence-electron chi connectivity index (χ1n) is 5.31. The molecule has 0 radical (unpaired) electrons. The molecule has 2 heteroatoms. The van der Waals surface area contributed by atoms with Crippen molar-refractivity contribution < 1.29 is 4.74 Å². The molecule has 1 rings (SSSR count). The number of methoxy groups -OCH3 is 1. The fourth-order valence-electron chi connectivity index (χ4n) is 1.89. The standard InChI is InChI=1S/C13H21NO/c1-10-6-7-12(15-5)11(8-10)13(2,3)9-14-4/h6-8,14H,9H2,1-5H3. The topological polar surface area (TPSA) is 21.3 Å². The van der Waals surface area contributed by atoms with Crippen LogP contribution in [0.2, 0.25) is 0 Å². The average Bonchev–Trinajstić information content (AvgIpc) is 2.17.